The van der Waals surface area contributed by atoms with Crippen LogP contribution in [0.5, 0.6) is 5.75 Å². The SMILES string of the molecule is C[C@@H]1Cc2ccc(/C=C3\C(=O)Nc4ccccc43)c(O)c2C(=O)O1. The Kier molecular flexibility index (Phi) is 3.16. The van der Waals surface area contributed by atoms with Crippen molar-refractivity contribution in [2.45, 2.75) is 19.4 Å². The van der Waals surface area contributed by atoms with Crippen molar-refractivity contribution in [3.8, 4) is 5.75 Å². The van der Waals surface area contributed by atoms with Gasteiger partial charge in [-0.3, -0.25) is 4.79 Å². The molecule has 0 saturated heterocycles. The maximum absolute atomic E-state index is 12.2. The molecule has 0 spiro atoms. The number of phenols is 1. The van der Waals surface area contributed by atoms with E-state index in [2.05, 4.69) is 5.32 Å². The Morgan fingerprint density at radius 2 is 2.00 bits per heavy atom. The molecule has 0 saturated carbocycles. The highest BCUT2D eigenvalue weighted by Crippen LogP contribution is 2.37. The van der Waals surface area contributed by atoms with E-state index in [0.29, 0.717) is 17.6 Å². The van der Waals surface area contributed by atoms with Crippen LogP contribution in [-0.2, 0) is 16.0 Å². The Morgan fingerprint density at radius 3 is 2.83 bits per heavy atom. The first-order valence-electron chi connectivity index (χ1n) is 7.73. The van der Waals surface area contributed by atoms with E-state index in [-0.39, 0.29) is 23.3 Å². The summed E-state index contributed by atoms with van der Waals surface area (Å²) in [6.07, 6.45) is 1.96. The number of benzene rings is 2. The second-order valence-electron chi connectivity index (χ2n) is 6.02. The molecule has 5 heteroatoms. The van der Waals surface area contributed by atoms with Gasteiger partial charge in [-0.05, 0) is 24.6 Å². The van der Waals surface area contributed by atoms with Crippen LogP contribution in [0.1, 0.15) is 34.0 Å². The Bertz CT molecular complexity index is 914. The van der Waals surface area contributed by atoms with E-state index in [4.69, 9.17) is 4.74 Å². The predicted octanol–water partition coefficient (Wildman–Crippen LogP) is 2.99. The van der Waals surface area contributed by atoms with Crippen LogP contribution in [0.4, 0.5) is 5.69 Å². The van der Waals surface area contributed by atoms with Crippen molar-refractivity contribution in [3.05, 3.63) is 58.7 Å². The molecule has 2 aromatic rings. The molecule has 2 aliphatic rings. The summed E-state index contributed by atoms with van der Waals surface area (Å²) >= 11 is 0. The lowest BCUT2D eigenvalue weighted by molar-refractivity contribution is -0.110. The van der Waals surface area contributed by atoms with E-state index in [9.17, 15) is 14.7 Å². The number of rotatable bonds is 1. The largest absolute Gasteiger partial charge is 0.506 e. The lowest BCUT2D eigenvalue weighted by atomic mass is 9.94. The molecule has 2 N–H and O–H groups in total. The number of aromatic hydroxyl groups is 1. The van der Waals surface area contributed by atoms with Crippen molar-refractivity contribution in [3.63, 3.8) is 0 Å². The van der Waals surface area contributed by atoms with Crippen molar-refractivity contribution >= 4 is 29.2 Å². The summed E-state index contributed by atoms with van der Waals surface area (Å²) in [6, 6.07) is 10.9. The molecule has 24 heavy (non-hydrogen) atoms. The Morgan fingerprint density at radius 1 is 1.21 bits per heavy atom. The van der Waals surface area contributed by atoms with Gasteiger partial charge in [-0.2, -0.15) is 0 Å². The summed E-state index contributed by atoms with van der Waals surface area (Å²) < 4.78 is 5.20. The van der Waals surface area contributed by atoms with Crippen molar-refractivity contribution in [1.82, 2.24) is 0 Å². The highest BCUT2D eigenvalue weighted by molar-refractivity contribution is 6.35. The summed E-state index contributed by atoms with van der Waals surface area (Å²) in [4.78, 5) is 24.3. The number of anilines is 1. The first-order valence-corrected chi connectivity index (χ1v) is 7.73. The fraction of sp³-hybridized carbons (Fsp3) is 0.158. The first-order chi connectivity index (χ1) is 11.5. The van der Waals surface area contributed by atoms with E-state index in [0.717, 1.165) is 16.8 Å². The maximum atomic E-state index is 12.2. The second kappa shape index (κ2) is 5.23. The molecular formula is C19H15NO4. The summed E-state index contributed by atoms with van der Waals surface area (Å²) in [5, 5.41) is 13.3. The van der Waals surface area contributed by atoms with Gasteiger partial charge in [0.15, 0.2) is 0 Å². The topological polar surface area (TPSA) is 75.6 Å². The number of nitrogens with one attached hydrogen (secondary N) is 1. The van der Waals surface area contributed by atoms with E-state index in [1.807, 2.05) is 31.2 Å². The van der Waals surface area contributed by atoms with E-state index < -0.39 is 5.97 Å². The number of ether oxygens (including phenoxy) is 1. The molecule has 0 aliphatic carbocycles. The molecule has 2 aliphatic heterocycles. The number of hydrogen-bond acceptors (Lipinski definition) is 4. The molecule has 1 amide bonds. The number of amides is 1. The lowest BCUT2D eigenvalue weighted by Crippen LogP contribution is -2.25. The minimum atomic E-state index is -0.530. The number of fused-ring (bicyclic) bond motifs is 2. The van der Waals surface area contributed by atoms with E-state index in [1.165, 1.54) is 0 Å². The van der Waals surface area contributed by atoms with Crippen LogP contribution in [0.2, 0.25) is 0 Å². The molecule has 0 unspecified atom stereocenters. The average Bonchev–Trinajstić information content (AvgIpc) is 2.85. The highest BCUT2D eigenvalue weighted by atomic mass is 16.5. The van der Waals surface area contributed by atoms with Crippen LogP contribution in [-0.4, -0.2) is 23.1 Å². The predicted molar refractivity (Wildman–Crippen MR) is 89.6 cm³/mol. The van der Waals surface area contributed by atoms with Gasteiger partial charge < -0.3 is 15.2 Å². The van der Waals surface area contributed by atoms with Crippen LogP contribution in [0, 0.1) is 0 Å². The number of carbonyl (C=O) groups is 2. The standard InChI is InChI=1S/C19H15NO4/c1-10-8-11-6-7-12(17(21)16(11)19(23)24-10)9-14-13-4-2-3-5-15(13)20-18(14)22/h2-7,9-10,21H,8H2,1H3,(H,20,22)/b14-9-/t10-/m1/s1. The fourth-order valence-corrected chi connectivity index (χ4v) is 3.19. The van der Waals surface area contributed by atoms with Crippen LogP contribution < -0.4 is 5.32 Å². The molecule has 0 fully saturated rings. The van der Waals surface area contributed by atoms with Crippen molar-refractivity contribution in [2.24, 2.45) is 0 Å². The number of cyclic esters (lactones) is 1. The molecule has 4 rings (SSSR count). The zero-order valence-corrected chi connectivity index (χ0v) is 13.0. The summed E-state index contributed by atoms with van der Waals surface area (Å²) in [7, 11) is 0. The zero-order chi connectivity index (χ0) is 16.8. The average molecular weight is 321 g/mol. The van der Waals surface area contributed by atoms with Gasteiger partial charge in [0.2, 0.25) is 0 Å². The fourth-order valence-electron chi connectivity index (χ4n) is 3.19. The summed E-state index contributed by atoms with van der Waals surface area (Å²) in [5.41, 5.74) is 3.33. The first kappa shape index (κ1) is 14.5. The monoisotopic (exact) mass is 321 g/mol. The Balaban J connectivity index is 1.83. The molecule has 2 aromatic carbocycles. The van der Waals surface area contributed by atoms with Crippen molar-refractivity contribution in [2.75, 3.05) is 5.32 Å². The number of hydrogen-bond donors (Lipinski definition) is 2. The van der Waals surface area contributed by atoms with Crippen LogP contribution in [0.25, 0.3) is 11.6 Å². The third-order valence-corrected chi connectivity index (χ3v) is 4.33. The van der Waals surface area contributed by atoms with Gasteiger partial charge in [0.05, 0.1) is 0 Å². The summed E-state index contributed by atoms with van der Waals surface area (Å²) in [5.74, 6) is -0.906. The van der Waals surface area contributed by atoms with Crippen LogP contribution in [0.15, 0.2) is 36.4 Å². The molecule has 2 heterocycles. The van der Waals surface area contributed by atoms with Crippen molar-refractivity contribution < 1.29 is 19.4 Å². The molecule has 0 aromatic heterocycles. The normalized spacial score (nSPS) is 20.4. The van der Waals surface area contributed by atoms with Gasteiger partial charge in [0.25, 0.3) is 5.91 Å². The van der Waals surface area contributed by atoms with Crippen LogP contribution >= 0.6 is 0 Å². The molecule has 1 atom stereocenters. The quantitative estimate of drug-likeness (QED) is 0.625. The second-order valence-corrected chi connectivity index (χ2v) is 6.02. The van der Waals surface area contributed by atoms with Gasteiger partial charge in [-0.15, -0.1) is 0 Å². The maximum Gasteiger partial charge on any atom is 0.342 e. The number of esters is 1. The smallest absolute Gasteiger partial charge is 0.342 e. The van der Waals surface area contributed by atoms with Gasteiger partial charge in [-0.25, -0.2) is 4.79 Å². The lowest BCUT2D eigenvalue weighted by Gasteiger charge is -2.22. The third kappa shape index (κ3) is 2.17. The third-order valence-electron chi connectivity index (χ3n) is 4.33. The van der Waals surface area contributed by atoms with Gasteiger partial charge in [0.1, 0.15) is 17.4 Å². The molecule has 0 bridgehead atoms. The minimum Gasteiger partial charge on any atom is -0.506 e. The summed E-state index contributed by atoms with van der Waals surface area (Å²) in [6.45, 7) is 1.81. The number of carbonyl (C=O) groups excluding carboxylic acids is 2. The number of phenolic OH excluding ortho intramolecular Hbond substituents is 1. The van der Waals surface area contributed by atoms with Gasteiger partial charge >= 0.3 is 5.97 Å². The number of para-hydroxylation sites is 1. The van der Waals surface area contributed by atoms with E-state index >= 15 is 0 Å². The Labute approximate surface area is 138 Å². The Hall–Kier alpha value is -3.08. The van der Waals surface area contributed by atoms with Gasteiger partial charge in [-0.1, -0.05) is 30.3 Å². The molecule has 0 radical (unpaired) electrons. The molecular weight excluding hydrogens is 306 g/mol. The highest BCUT2D eigenvalue weighted by Gasteiger charge is 2.29. The van der Waals surface area contributed by atoms with Gasteiger partial charge in [0, 0.05) is 28.8 Å². The molecule has 120 valence electrons. The van der Waals surface area contributed by atoms with E-state index in [1.54, 1.807) is 18.2 Å². The molecule has 5 nitrogen and oxygen atoms in total. The van der Waals surface area contributed by atoms with Crippen LogP contribution in [0.3, 0.4) is 0 Å². The minimum absolute atomic E-state index is 0.144. The van der Waals surface area contributed by atoms with Crippen molar-refractivity contribution in [1.29, 1.82) is 0 Å². The zero-order valence-electron chi connectivity index (χ0n) is 13.0.